The van der Waals surface area contributed by atoms with E-state index >= 15 is 0 Å². The summed E-state index contributed by atoms with van der Waals surface area (Å²) in [7, 11) is 3.31. The van der Waals surface area contributed by atoms with Gasteiger partial charge < -0.3 is 15.5 Å². The average molecular weight is 201 g/mol. The fraction of sp³-hybridized carbons (Fsp3) is 0.778. The molecule has 0 aliphatic heterocycles. The van der Waals surface area contributed by atoms with Crippen LogP contribution in [0.3, 0.4) is 0 Å². The highest BCUT2D eigenvalue weighted by molar-refractivity contribution is 5.85. The van der Waals surface area contributed by atoms with Crippen LogP contribution in [0.2, 0.25) is 0 Å². The normalized spacial score (nSPS) is 10.1. The van der Waals surface area contributed by atoms with Gasteiger partial charge in [-0.3, -0.25) is 9.59 Å². The van der Waals surface area contributed by atoms with Crippen LogP contribution < -0.4 is 10.6 Å². The van der Waals surface area contributed by atoms with Crippen molar-refractivity contribution < 1.29 is 9.59 Å². The number of hydrogen-bond donors (Lipinski definition) is 2. The van der Waals surface area contributed by atoms with Gasteiger partial charge in [-0.05, 0) is 20.9 Å². The quantitative estimate of drug-likeness (QED) is 0.611. The van der Waals surface area contributed by atoms with Crippen molar-refractivity contribution in [2.45, 2.75) is 19.9 Å². The Morgan fingerprint density at radius 2 is 1.93 bits per heavy atom. The van der Waals surface area contributed by atoms with Crippen molar-refractivity contribution in [3.63, 3.8) is 0 Å². The highest BCUT2D eigenvalue weighted by atomic mass is 16.2. The number of likely N-dealkylation sites (N-methyl/N-ethyl adjacent to an activating group) is 2. The summed E-state index contributed by atoms with van der Waals surface area (Å²) in [5.41, 5.74) is 0. The standard InChI is InChI=1S/C9H19N3O2/c1-7(2)11-8(13)6-12(4)9(14)5-10-3/h7,10H,5-6H2,1-4H3,(H,11,13). The average Bonchev–Trinajstić information content (AvgIpc) is 2.02. The molecule has 0 aliphatic rings. The maximum Gasteiger partial charge on any atom is 0.239 e. The first-order chi connectivity index (χ1) is 6.47. The summed E-state index contributed by atoms with van der Waals surface area (Å²) < 4.78 is 0. The predicted molar refractivity (Wildman–Crippen MR) is 54.8 cm³/mol. The first kappa shape index (κ1) is 12.9. The molecule has 0 atom stereocenters. The number of carbonyl (C=O) groups is 2. The summed E-state index contributed by atoms with van der Waals surface area (Å²) >= 11 is 0. The number of carbonyl (C=O) groups excluding carboxylic acids is 2. The number of nitrogens with zero attached hydrogens (tertiary/aromatic N) is 1. The van der Waals surface area contributed by atoms with Crippen LogP contribution in [0, 0.1) is 0 Å². The van der Waals surface area contributed by atoms with Crippen LogP contribution in [0.5, 0.6) is 0 Å². The molecule has 0 aromatic carbocycles. The van der Waals surface area contributed by atoms with E-state index in [4.69, 9.17) is 0 Å². The van der Waals surface area contributed by atoms with Crippen LogP contribution in [-0.4, -0.2) is 49.9 Å². The van der Waals surface area contributed by atoms with Crippen LogP contribution in [0.25, 0.3) is 0 Å². The minimum absolute atomic E-state index is 0.0913. The van der Waals surface area contributed by atoms with Crippen molar-refractivity contribution in [2.75, 3.05) is 27.2 Å². The first-order valence-corrected chi connectivity index (χ1v) is 4.65. The molecule has 14 heavy (non-hydrogen) atoms. The zero-order valence-corrected chi connectivity index (χ0v) is 9.26. The van der Waals surface area contributed by atoms with Gasteiger partial charge >= 0.3 is 0 Å². The van der Waals surface area contributed by atoms with E-state index in [0.29, 0.717) is 0 Å². The number of hydrogen-bond acceptors (Lipinski definition) is 3. The molecular weight excluding hydrogens is 182 g/mol. The van der Waals surface area contributed by atoms with Crippen LogP contribution in [0.4, 0.5) is 0 Å². The van der Waals surface area contributed by atoms with E-state index in [9.17, 15) is 9.59 Å². The Kier molecular flexibility index (Phi) is 5.87. The lowest BCUT2D eigenvalue weighted by atomic mass is 10.4. The van der Waals surface area contributed by atoms with Crippen molar-refractivity contribution in [1.29, 1.82) is 0 Å². The monoisotopic (exact) mass is 201 g/mol. The maximum absolute atomic E-state index is 11.2. The molecule has 0 radical (unpaired) electrons. The molecule has 0 aromatic rings. The molecule has 0 heterocycles. The van der Waals surface area contributed by atoms with Crippen molar-refractivity contribution in [1.82, 2.24) is 15.5 Å². The first-order valence-electron chi connectivity index (χ1n) is 4.65. The van der Waals surface area contributed by atoms with Gasteiger partial charge in [-0.1, -0.05) is 0 Å². The molecule has 2 N–H and O–H groups in total. The van der Waals surface area contributed by atoms with E-state index < -0.39 is 0 Å². The van der Waals surface area contributed by atoms with Crippen LogP contribution in [-0.2, 0) is 9.59 Å². The van der Waals surface area contributed by atoms with E-state index in [1.54, 1.807) is 14.1 Å². The molecule has 0 saturated carbocycles. The summed E-state index contributed by atoms with van der Waals surface area (Å²) in [5.74, 6) is -0.224. The minimum atomic E-state index is -0.132. The Balaban J connectivity index is 3.87. The van der Waals surface area contributed by atoms with E-state index in [2.05, 4.69) is 10.6 Å². The Morgan fingerprint density at radius 1 is 1.36 bits per heavy atom. The maximum atomic E-state index is 11.2. The number of nitrogens with one attached hydrogen (secondary N) is 2. The molecule has 0 aliphatic carbocycles. The molecule has 5 nitrogen and oxygen atoms in total. The summed E-state index contributed by atoms with van der Waals surface area (Å²) in [6.45, 7) is 4.13. The fourth-order valence-corrected chi connectivity index (χ4v) is 0.957. The van der Waals surface area contributed by atoms with Gasteiger partial charge in [0.05, 0.1) is 13.1 Å². The third-order valence-corrected chi connectivity index (χ3v) is 1.58. The Labute approximate surface area is 84.8 Å². The van der Waals surface area contributed by atoms with Crippen molar-refractivity contribution in [2.24, 2.45) is 0 Å². The molecule has 0 saturated heterocycles. The van der Waals surface area contributed by atoms with Gasteiger partial charge in [-0.2, -0.15) is 0 Å². The van der Waals surface area contributed by atoms with Gasteiger partial charge in [-0.25, -0.2) is 0 Å². The molecule has 0 spiro atoms. The highest BCUT2D eigenvalue weighted by Gasteiger charge is 2.11. The lowest BCUT2D eigenvalue weighted by Gasteiger charge is -2.17. The van der Waals surface area contributed by atoms with Gasteiger partial charge in [0, 0.05) is 13.1 Å². The molecule has 2 amide bonds. The van der Waals surface area contributed by atoms with E-state index in [0.717, 1.165) is 0 Å². The second-order valence-electron chi connectivity index (χ2n) is 3.50. The third kappa shape index (κ3) is 5.53. The zero-order valence-electron chi connectivity index (χ0n) is 9.26. The van der Waals surface area contributed by atoms with Gasteiger partial charge in [-0.15, -0.1) is 0 Å². The van der Waals surface area contributed by atoms with Gasteiger partial charge in [0.1, 0.15) is 0 Å². The van der Waals surface area contributed by atoms with Crippen LogP contribution in [0.15, 0.2) is 0 Å². The van der Waals surface area contributed by atoms with Gasteiger partial charge in [0.15, 0.2) is 0 Å². The number of amides is 2. The lowest BCUT2D eigenvalue weighted by Crippen LogP contribution is -2.43. The summed E-state index contributed by atoms with van der Waals surface area (Å²) in [6, 6.07) is 0.107. The topological polar surface area (TPSA) is 61.4 Å². The third-order valence-electron chi connectivity index (χ3n) is 1.58. The predicted octanol–water partition coefficient (Wildman–Crippen LogP) is -0.811. The summed E-state index contributed by atoms with van der Waals surface area (Å²) in [6.07, 6.45) is 0. The SMILES string of the molecule is CNCC(=O)N(C)CC(=O)NC(C)C. The Hall–Kier alpha value is -1.10. The second-order valence-corrected chi connectivity index (χ2v) is 3.50. The van der Waals surface area contributed by atoms with Crippen molar-refractivity contribution >= 4 is 11.8 Å². The van der Waals surface area contributed by atoms with Crippen molar-refractivity contribution in [3.8, 4) is 0 Å². The van der Waals surface area contributed by atoms with E-state index in [1.165, 1.54) is 4.90 Å². The molecule has 0 fully saturated rings. The largest absolute Gasteiger partial charge is 0.352 e. The smallest absolute Gasteiger partial charge is 0.239 e. The highest BCUT2D eigenvalue weighted by Crippen LogP contribution is 1.85. The van der Waals surface area contributed by atoms with E-state index in [1.807, 2.05) is 13.8 Å². The fourth-order valence-electron chi connectivity index (χ4n) is 0.957. The Bertz CT molecular complexity index is 204. The Morgan fingerprint density at radius 3 is 2.36 bits per heavy atom. The molecule has 0 unspecified atom stereocenters. The van der Waals surface area contributed by atoms with Gasteiger partial charge in [0.2, 0.25) is 11.8 Å². The van der Waals surface area contributed by atoms with Crippen LogP contribution >= 0.6 is 0 Å². The van der Waals surface area contributed by atoms with Gasteiger partial charge in [0.25, 0.3) is 0 Å². The second kappa shape index (κ2) is 6.37. The lowest BCUT2D eigenvalue weighted by molar-refractivity contribution is -0.134. The molecule has 0 aromatic heterocycles. The molecule has 5 heteroatoms. The van der Waals surface area contributed by atoms with Crippen molar-refractivity contribution in [3.05, 3.63) is 0 Å². The summed E-state index contributed by atoms with van der Waals surface area (Å²) in [4.78, 5) is 23.9. The molecule has 82 valence electrons. The van der Waals surface area contributed by atoms with Crippen LogP contribution in [0.1, 0.15) is 13.8 Å². The summed E-state index contributed by atoms with van der Waals surface area (Å²) in [5, 5.41) is 5.46. The minimum Gasteiger partial charge on any atom is -0.352 e. The molecule has 0 rings (SSSR count). The number of rotatable bonds is 5. The molecule has 0 bridgehead atoms. The van der Waals surface area contributed by atoms with E-state index in [-0.39, 0.29) is 30.9 Å². The molecular formula is C9H19N3O2. The zero-order chi connectivity index (χ0) is 11.1.